The fourth-order valence-electron chi connectivity index (χ4n) is 3.78. The Morgan fingerprint density at radius 3 is 2.62 bits per heavy atom. The maximum atomic E-state index is 12.7. The summed E-state index contributed by atoms with van der Waals surface area (Å²) in [5, 5.41) is 1.17. The highest BCUT2D eigenvalue weighted by Crippen LogP contribution is 2.44. The molecule has 1 amide bonds. The van der Waals surface area contributed by atoms with Crippen LogP contribution in [0.3, 0.4) is 0 Å². The van der Waals surface area contributed by atoms with Gasteiger partial charge in [0.25, 0.3) is 0 Å². The van der Waals surface area contributed by atoms with Gasteiger partial charge in [0.15, 0.2) is 0 Å². The Kier molecular flexibility index (Phi) is 3.34. The molecule has 1 N–H and O–H groups in total. The van der Waals surface area contributed by atoms with E-state index in [1.807, 2.05) is 47.5 Å². The summed E-state index contributed by atoms with van der Waals surface area (Å²) in [6, 6.07) is 15.9. The fraction of sp³-hybridized carbons (Fsp3) is 0.250. The van der Waals surface area contributed by atoms with E-state index in [1.165, 1.54) is 10.9 Å². The molecule has 1 atom stereocenters. The predicted molar refractivity (Wildman–Crippen MR) is 95.4 cm³/mol. The first-order chi connectivity index (χ1) is 11.6. The molecule has 0 aliphatic carbocycles. The largest absolute Gasteiger partial charge is 0.497 e. The second-order valence-corrected chi connectivity index (χ2v) is 6.45. The van der Waals surface area contributed by atoms with Gasteiger partial charge in [-0.25, -0.2) is 0 Å². The fourth-order valence-corrected chi connectivity index (χ4v) is 3.78. The van der Waals surface area contributed by atoms with E-state index in [1.54, 1.807) is 7.11 Å². The third-order valence-electron chi connectivity index (χ3n) is 5.07. The quantitative estimate of drug-likeness (QED) is 0.785. The van der Waals surface area contributed by atoms with E-state index >= 15 is 0 Å². The number of anilines is 1. The Morgan fingerprint density at radius 1 is 1.12 bits per heavy atom. The van der Waals surface area contributed by atoms with Crippen molar-refractivity contribution in [3.63, 3.8) is 0 Å². The minimum absolute atomic E-state index is 0.160. The monoisotopic (exact) mass is 320 g/mol. The van der Waals surface area contributed by atoms with Crippen LogP contribution in [0.15, 0.2) is 54.7 Å². The summed E-state index contributed by atoms with van der Waals surface area (Å²) in [4.78, 5) is 17.9. The zero-order chi connectivity index (χ0) is 16.7. The van der Waals surface area contributed by atoms with Crippen molar-refractivity contribution in [2.75, 3.05) is 12.0 Å². The molecule has 1 aliphatic heterocycles. The number of aromatic amines is 1. The molecular formula is C20H20N2O2. The van der Waals surface area contributed by atoms with Gasteiger partial charge >= 0.3 is 0 Å². The van der Waals surface area contributed by atoms with Crippen molar-refractivity contribution in [2.45, 2.75) is 25.3 Å². The maximum absolute atomic E-state index is 12.7. The summed E-state index contributed by atoms with van der Waals surface area (Å²) in [5.41, 5.74) is 2.82. The lowest BCUT2D eigenvalue weighted by molar-refractivity contribution is -0.117. The number of ether oxygens (including phenoxy) is 1. The Labute approximate surface area is 141 Å². The van der Waals surface area contributed by atoms with Gasteiger partial charge in [0.2, 0.25) is 5.91 Å². The van der Waals surface area contributed by atoms with E-state index in [4.69, 9.17) is 4.74 Å². The number of carbonyl (C=O) groups excluding carboxylic acids is 1. The number of fused-ring (bicyclic) bond motifs is 1. The molecule has 4 nitrogen and oxygen atoms in total. The molecule has 0 bridgehead atoms. The molecule has 0 radical (unpaired) electrons. The van der Waals surface area contributed by atoms with Gasteiger partial charge in [-0.2, -0.15) is 0 Å². The molecule has 2 aromatic carbocycles. The van der Waals surface area contributed by atoms with Gasteiger partial charge in [-0.1, -0.05) is 18.2 Å². The smallest absolute Gasteiger partial charge is 0.227 e. The standard InChI is InChI=1S/C20H20N2O2/c1-20(17-13-21-18-6-4-3-5-16(17)18)12-11-19(23)22(20)14-7-9-15(24-2)10-8-14/h3-10,13,21H,11-12H2,1-2H3. The highest BCUT2D eigenvalue weighted by Gasteiger charge is 2.44. The number of rotatable bonds is 3. The third-order valence-corrected chi connectivity index (χ3v) is 5.07. The summed E-state index contributed by atoms with van der Waals surface area (Å²) in [6.45, 7) is 2.15. The number of methoxy groups -OCH3 is 1. The minimum atomic E-state index is -0.356. The second kappa shape index (κ2) is 5.41. The lowest BCUT2D eigenvalue weighted by Crippen LogP contribution is -2.41. The van der Waals surface area contributed by atoms with Crippen molar-refractivity contribution in [3.8, 4) is 5.75 Å². The molecule has 3 aromatic rings. The van der Waals surface area contributed by atoms with Gasteiger partial charge in [-0.05, 0) is 43.7 Å². The number of nitrogens with one attached hydrogen (secondary N) is 1. The molecule has 1 unspecified atom stereocenters. The molecule has 1 saturated heterocycles. The number of nitrogens with zero attached hydrogens (tertiary/aromatic N) is 1. The molecular weight excluding hydrogens is 300 g/mol. The first-order valence-corrected chi connectivity index (χ1v) is 8.17. The van der Waals surface area contributed by atoms with Crippen LogP contribution in [0.2, 0.25) is 0 Å². The van der Waals surface area contributed by atoms with Crippen LogP contribution in [0.4, 0.5) is 5.69 Å². The molecule has 0 spiro atoms. The molecule has 2 heterocycles. The van der Waals surface area contributed by atoms with Crippen LogP contribution >= 0.6 is 0 Å². The highest BCUT2D eigenvalue weighted by molar-refractivity contribution is 5.99. The van der Waals surface area contributed by atoms with Gasteiger partial charge in [0, 0.05) is 34.8 Å². The molecule has 1 fully saturated rings. The van der Waals surface area contributed by atoms with Crippen molar-refractivity contribution in [2.24, 2.45) is 0 Å². The summed E-state index contributed by atoms with van der Waals surface area (Å²) in [5.74, 6) is 0.951. The summed E-state index contributed by atoms with van der Waals surface area (Å²) < 4.78 is 5.23. The number of aromatic nitrogens is 1. The molecule has 122 valence electrons. The lowest BCUT2D eigenvalue weighted by Gasteiger charge is -2.35. The highest BCUT2D eigenvalue weighted by atomic mass is 16.5. The van der Waals surface area contributed by atoms with E-state index in [9.17, 15) is 4.79 Å². The van der Waals surface area contributed by atoms with Crippen molar-refractivity contribution in [1.82, 2.24) is 4.98 Å². The topological polar surface area (TPSA) is 45.3 Å². The number of hydrogen-bond acceptors (Lipinski definition) is 2. The van der Waals surface area contributed by atoms with Crippen LogP contribution in [-0.2, 0) is 10.3 Å². The zero-order valence-electron chi connectivity index (χ0n) is 13.9. The van der Waals surface area contributed by atoms with E-state index in [2.05, 4.69) is 24.0 Å². The Morgan fingerprint density at radius 2 is 1.88 bits per heavy atom. The summed E-state index contributed by atoms with van der Waals surface area (Å²) in [6.07, 6.45) is 3.40. The Hall–Kier alpha value is -2.75. The summed E-state index contributed by atoms with van der Waals surface area (Å²) in [7, 11) is 1.64. The number of H-pyrrole nitrogens is 1. The van der Waals surface area contributed by atoms with Crippen LogP contribution in [0.25, 0.3) is 10.9 Å². The molecule has 1 aromatic heterocycles. The SMILES string of the molecule is COc1ccc(N2C(=O)CCC2(C)c2c[nH]c3ccccc23)cc1. The van der Waals surface area contributed by atoms with Crippen LogP contribution in [-0.4, -0.2) is 18.0 Å². The van der Waals surface area contributed by atoms with E-state index in [0.29, 0.717) is 6.42 Å². The first-order valence-electron chi connectivity index (χ1n) is 8.17. The van der Waals surface area contributed by atoms with E-state index in [0.717, 1.165) is 23.4 Å². The zero-order valence-corrected chi connectivity index (χ0v) is 13.9. The molecule has 1 aliphatic rings. The van der Waals surface area contributed by atoms with Gasteiger partial charge in [-0.3, -0.25) is 4.79 Å². The van der Waals surface area contributed by atoms with Gasteiger partial charge in [0.1, 0.15) is 5.75 Å². The summed E-state index contributed by atoms with van der Waals surface area (Å²) >= 11 is 0. The predicted octanol–water partition coefficient (Wildman–Crippen LogP) is 4.22. The van der Waals surface area contributed by atoms with Gasteiger partial charge in [0.05, 0.1) is 12.6 Å². The molecule has 4 rings (SSSR count). The third kappa shape index (κ3) is 2.10. The molecule has 0 saturated carbocycles. The number of amides is 1. The molecule has 4 heteroatoms. The lowest BCUT2D eigenvalue weighted by atomic mass is 9.88. The number of hydrogen-bond donors (Lipinski definition) is 1. The van der Waals surface area contributed by atoms with E-state index in [-0.39, 0.29) is 11.4 Å². The van der Waals surface area contributed by atoms with E-state index < -0.39 is 0 Å². The van der Waals surface area contributed by atoms with Crippen molar-refractivity contribution >= 4 is 22.5 Å². The van der Waals surface area contributed by atoms with Gasteiger partial charge < -0.3 is 14.6 Å². The van der Waals surface area contributed by atoms with Crippen LogP contribution in [0.5, 0.6) is 5.75 Å². The number of benzene rings is 2. The van der Waals surface area contributed by atoms with Gasteiger partial charge in [-0.15, -0.1) is 0 Å². The average Bonchev–Trinajstić information content (AvgIpc) is 3.17. The molecule has 24 heavy (non-hydrogen) atoms. The average molecular weight is 320 g/mol. The van der Waals surface area contributed by atoms with Crippen LogP contribution in [0.1, 0.15) is 25.3 Å². The van der Waals surface area contributed by atoms with Crippen molar-refractivity contribution < 1.29 is 9.53 Å². The first kappa shape index (κ1) is 14.8. The number of para-hydroxylation sites is 1. The van der Waals surface area contributed by atoms with Crippen molar-refractivity contribution in [1.29, 1.82) is 0 Å². The Balaban J connectivity index is 1.83. The van der Waals surface area contributed by atoms with Crippen molar-refractivity contribution in [3.05, 3.63) is 60.3 Å². The van der Waals surface area contributed by atoms with Crippen LogP contribution < -0.4 is 9.64 Å². The van der Waals surface area contributed by atoms with Crippen LogP contribution in [0, 0.1) is 0 Å². The maximum Gasteiger partial charge on any atom is 0.227 e. The minimum Gasteiger partial charge on any atom is -0.497 e. The number of carbonyl (C=O) groups is 1. The Bertz CT molecular complexity index is 897. The normalized spacial score (nSPS) is 20.8. The second-order valence-electron chi connectivity index (χ2n) is 6.45.